The summed E-state index contributed by atoms with van der Waals surface area (Å²) in [5.74, 6) is 0.881. The van der Waals surface area contributed by atoms with E-state index in [9.17, 15) is 9.59 Å². The average Bonchev–Trinajstić information content (AvgIpc) is 3.11. The summed E-state index contributed by atoms with van der Waals surface area (Å²) in [7, 11) is 4.42. The van der Waals surface area contributed by atoms with Crippen molar-refractivity contribution in [3.05, 3.63) is 77.5 Å². The lowest BCUT2D eigenvalue weighted by Crippen LogP contribution is -2.36. The lowest BCUT2D eigenvalue weighted by atomic mass is 9.74. The van der Waals surface area contributed by atoms with E-state index in [1.54, 1.807) is 26.4 Å². The molecule has 1 aliphatic heterocycles. The zero-order valence-electron chi connectivity index (χ0n) is 18.3. The van der Waals surface area contributed by atoms with Gasteiger partial charge in [0.05, 0.1) is 39.0 Å². The Morgan fingerprint density at radius 3 is 2.53 bits per heavy atom. The summed E-state index contributed by atoms with van der Waals surface area (Å²) in [6, 6.07) is 13.4. The fourth-order valence-electron chi connectivity index (χ4n) is 4.33. The highest BCUT2D eigenvalue weighted by Gasteiger charge is 2.51. The second kappa shape index (κ2) is 8.88. The van der Waals surface area contributed by atoms with Crippen LogP contribution in [0.1, 0.15) is 17.5 Å². The van der Waals surface area contributed by atoms with Crippen LogP contribution in [0.4, 0.5) is 10.5 Å². The molecule has 0 spiro atoms. The van der Waals surface area contributed by atoms with Gasteiger partial charge in [-0.25, -0.2) is 9.69 Å². The maximum atomic E-state index is 12.8. The van der Waals surface area contributed by atoms with Crippen molar-refractivity contribution in [3.63, 3.8) is 0 Å². The van der Waals surface area contributed by atoms with Gasteiger partial charge in [0, 0.05) is 36.1 Å². The van der Waals surface area contributed by atoms with Crippen molar-refractivity contribution in [2.24, 2.45) is 0 Å². The van der Waals surface area contributed by atoms with Gasteiger partial charge in [0.25, 0.3) is 0 Å². The quantitative estimate of drug-likeness (QED) is 0.608. The van der Waals surface area contributed by atoms with E-state index >= 15 is 0 Å². The number of hydrogen-bond acceptors (Lipinski definition) is 6. The first kappa shape index (κ1) is 21.6. The van der Waals surface area contributed by atoms with Gasteiger partial charge in [-0.15, -0.1) is 0 Å². The first-order chi connectivity index (χ1) is 15.5. The molecule has 0 fully saturated rings. The molecule has 1 atom stereocenters. The van der Waals surface area contributed by atoms with Crippen LogP contribution in [-0.4, -0.2) is 39.8 Å². The second-order valence-corrected chi connectivity index (χ2v) is 7.55. The van der Waals surface area contributed by atoms with Gasteiger partial charge in [0.1, 0.15) is 11.5 Å². The number of carbonyl (C=O) groups excluding carboxylic acids is 2. The normalized spacial score (nSPS) is 18.7. The molecule has 0 aromatic heterocycles. The number of allylic oxidation sites excluding steroid dienone is 3. The molecule has 2 aliphatic rings. The number of benzene rings is 2. The highest BCUT2D eigenvalue weighted by Crippen LogP contribution is 2.57. The van der Waals surface area contributed by atoms with E-state index in [4.69, 9.17) is 18.9 Å². The standard InChI is InChI=1S/C25H25NO6/c1-29-19-14-20-23(21(15-19)30-2)25(11-12-32-16-17-7-5-4-6-8-17)10-9-18(27)13-22(25)26(20)24(28)31-3/h4-10,13-15H,11-12,16H2,1-3H3. The maximum absolute atomic E-state index is 12.8. The smallest absolute Gasteiger partial charge is 0.418 e. The molecule has 1 heterocycles. The van der Waals surface area contributed by atoms with E-state index in [1.807, 2.05) is 36.4 Å². The Labute approximate surface area is 186 Å². The predicted molar refractivity (Wildman–Crippen MR) is 119 cm³/mol. The molecule has 0 radical (unpaired) electrons. The Kier molecular flexibility index (Phi) is 6.01. The molecule has 4 rings (SSSR count). The minimum atomic E-state index is -0.786. The van der Waals surface area contributed by atoms with Crippen LogP contribution in [0.15, 0.2) is 66.4 Å². The third kappa shape index (κ3) is 3.65. The summed E-state index contributed by atoms with van der Waals surface area (Å²) in [6.45, 7) is 0.861. The predicted octanol–water partition coefficient (Wildman–Crippen LogP) is 4.16. The van der Waals surface area contributed by atoms with Crippen LogP contribution in [0.2, 0.25) is 0 Å². The Balaban J connectivity index is 1.75. The van der Waals surface area contributed by atoms with Crippen LogP contribution in [0.3, 0.4) is 0 Å². The highest BCUT2D eigenvalue weighted by atomic mass is 16.5. The van der Waals surface area contributed by atoms with Gasteiger partial charge in [0.15, 0.2) is 5.78 Å². The molecule has 1 amide bonds. The third-order valence-corrected chi connectivity index (χ3v) is 5.82. The minimum absolute atomic E-state index is 0.200. The van der Waals surface area contributed by atoms with Gasteiger partial charge in [-0.3, -0.25) is 4.79 Å². The Bertz CT molecular complexity index is 1090. The summed E-state index contributed by atoms with van der Waals surface area (Å²) >= 11 is 0. The maximum Gasteiger partial charge on any atom is 0.418 e. The van der Waals surface area contributed by atoms with Gasteiger partial charge in [-0.1, -0.05) is 36.4 Å². The lowest BCUT2D eigenvalue weighted by Gasteiger charge is -2.32. The topological polar surface area (TPSA) is 74.3 Å². The van der Waals surface area contributed by atoms with Crippen molar-refractivity contribution >= 4 is 17.6 Å². The van der Waals surface area contributed by atoms with Crippen molar-refractivity contribution in [1.82, 2.24) is 0 Å². The fourth-order valence-corrected chi connectivity index (χ4v) is 4.33. The minimum Gasteiger partial charge on any atom is -0.497 e. The molecule has 32 heavy (non-hydrogen) atoms. The Morgan fingerprint density at radius 1 is 1.06 bits per heavy atom. The average molecular weight is 435 g/mol. The number of rotatable bonds is 7. The van der Waals surface area contributed by atoms with E-state index in [2.05, 4.69) is 0 Å². The summed E-state index contributed by atoms with van der Waals surface area (Å²) in [6.07, 6.45) is 4.73. The summed E-state index contributed by atoms with van der Waals surface area (Å²) < 4.78 is 22.1. The first-order valence-electron chi connectivity index (χ1n) is 10.3. The van der Waals surface area contributed by atoms with Crippen molar-refractivity contribution < 1.29 is 28.5 Å². The summed E-state index contributed by atoms with van der Waals surface area (Å²) in [5, 5.41) is 0. The van der Waals surface area contributed by atoms with E-state index in [0.29, 0.717) is 42.5 Å². The number of fused-ring (bicyclic) bond motifs is 3. The van der Waals surface area contributed by atoms with Crippen molar-refractivity contribution in [2.45, 2.75) is 18.4 Å². The monoisotopic (exact) mass is 435 g/mol. The molecule has 2 aromatic rings. The SMILES string of the molecule is COC(=O)N1C2=CC(=O)C=CC2(CCOCc2ccccc2)c2c(OC)cc(OC)cc21. The first-order valence-corrected chi connectivity index (χ1v) is 10.3. The van der Waals surface area contributed by atoms with Crippen LogP contribution >= 0.6 is 0 Å². The molecule has 0 N–H and O–H groups in total. The van der Waals surface area contributed by atoms with Gasteiger partial charge in [-0.2, -0.15) is 0 Å². The molecular formula is C25H25NO6. The highest BCUT2D eigenvalue weighted by molar-refractivity contribution is 6.07. The lowest BCUT2D eigenvalue weighted by molar-refractivity contribution is -0.110. The summed E-state index contributed by atoms with van der Waals surface area (Å²) in [5.41, 5.74) is 2.12. The van der Waals surface area contributed by atoms with E-state index in [1.165, 1.54) is 24.2 Å². The largest absolute Gasteiger partial charge is 0.497 e. The van der Waals surface area contributed by atoms with Crippen LogP contribution in [-0.2, 0) is 26.3 Å². The van der Waals surface area contributed by atoms with E-state index in [0.717, 1.165) is 11.1 Å². The fraction of sp³-hybridized carbons (Fsp3) is 0.280. The summed E-state index contributed by atoms with van der Waals surface area (Å²) in [4.78, 5) is 26.5. The molecule has 166 valence electrons. The van der Waals surface area contributed by atoms with E-state index < -0.39 is 11.5 Å². The number of carbonyl (C=O) groups is 2. The Morgan fingerprint density at radius 2 is 1.84 bits per heavy atom. The molecule has 0 saturated heterocycles. The van der Waals surface area contributed by atoms with Crippen LogP contribution in [0, 0.1) is 0 Å². The molecule has 7 heteroatoms. The van der Waals surface area contributed by atoms with Gasteiger partial charge >= 0.3 is 6.09 Å². The zero-order chi connectivity index (χ0) is 22.7. The number of ketones is 1. The molecule has 1 aliphatic carbocycles. The number of methoxy groups -OCH3 is 3. The van der Waals surface area contributed by atoms with Crippen LogP contribution in [0.5, 0.6) is 11.5 Å². The van der Waals surface area contributed by atoms with Gasteiger partial charge < -0.3 is 18.9 Å². The van der Waals surface area contributed by atoms with Crippen LogP contribution < -0.4 is 14.4 Å². The number of ether oxygens (including phenoxy) is 4. The number of amides is 1. The molecule has 2 aromatic carbocycles. The molecule has 0 saturated carbocycles. The van der Waals surface area contributed by atoms with Gasteiger partial charge in [-0.05, 0) is 18.1 Å². The van der Waals surface area contributed by atoms with Crippen molar-refractivity contribution in [2.75, 3.05) is 32.8 Å². The van der Waals surface area contributed by atoms with Gasteiger partial charge in [0.2, 0.25) is 0 Å². The Hall–Kier alpha value is -3.58. The third-order valence-electron chi connectivity index (χ3n) is 5.82. The molecule has 7 nitrogen and oxygen atoms in total. The molecule has 1 unspecified atom stereocenters. The van der Waals surface area contributed by atoms with E-state index in [-0.39, 0.29) is 5.78 Å². The van der Waals surface area contributed by atoms with Crippen molar-refractivity contribution in [1.29, 1.82) is 0 Å². The zero-order valence-corrected chi connectivity index (χ0v) is 18.3. The number of anilines is 1. The number of hydrogen-bond donors (Lipinski definition) is 0. The molecule has 0 bridgehead atoms. The van der Waals surface area contributed by atoms with Crippen molar-refractivity contribution in [3.8, 4) is 11.5 Å². The second-order valence-electron chi connectivity index (χ2n) is 7.55. The van der Waals surface area contributed by atoms with Crippen LogP contribution in [0.25, 0.3) is 0 Å². The molecular weight excluding hydrogens is 410 g/mol. The number of nitrogens with zero attached hydrogens (tertiary/aromatic N) is 1.